The number of hydrogen-bond donors (Lipinski definition) is 1. The second kappa shape index (κ2) is 6.34. The number of anilines is 1. The van der Waals surface area contributed by atoms with Crippen LogP contribution in [0.3, 0.4) is 0 Å². The number of benzene rings is 2. The lowest BCUT2D eigenvalue weighted by atomic mass is 10.2. The molecule has 0 atom stereocenters. The molecule has 0 saturated heterocycles. The molecule has 0 aliphatic carbocycles. The fourth-order valence-corrected chi connectivity index (χ4v) is 2.67. The Morgan fingerprint density at radius 3 is 2.74 bits per heavy atom. The van der Waals surface area contributed by atoms with Crippen molar-refractivity contribution in [2.24, 2.45) is 0 Å². The normalized spacial score (nSPS) is 10.7. The molecular weight excluding hydrogens is 363 g/mol. The predicted molar refractivity (Wildman–Crippen MR) is 90.9 cm³/mol. The SMILES string of the molecule is O=C(Cn1ccc(=O)c2ccccc21)Nc1ccc(Br)cc1F. The van der Waals surface area contributed by atoms with Gasteiger partial charge in [-0.25, -0.2) is 4.39 Å². The molecule has 2 aromatic carbocycles. The molecule has 23 heavy (non-hydrogen) atoms. The van der Waals surface area contributed by atoms with E-state index in [-0.39, 0.29) is 23.6 Å². The molecule has 4 nitrogen and oxygen atoms in total. The average Bonchev–Trinajstić information content (AvgIpc) is 2.53. The van der Waals surface area contributed by atoms with E-state index in [9.17, 15) is 14.0 Å². The van der Waals surface area contributed by atoms with E-state index < -0.39 is 5.82 Å². The summed E-state index contributed by atoms with van der Waals surface area (Å²) < 4.78 is 16.0. The highest BCUT2D eigenvalue weighted by Crippen LogP contribution is 2.19. The number of carbonyl (C=O) groups excluding carboxylic acids is 1. The van der Waals surface area contributed by atoms with Crippen LogP contribution in [-0.2, 0) is 11.3 Å². The maximum atomic E-state index is 13.8. The Kier molecular flexibility index (Phi) is 4.25. The molecule has 0 spiro atoms. The van der Waals surface area contributed by atoms with E-state index in [0.717, 1.165) is 0 Å². The lowest BCUT2D eigenvalue weighted by Gasteiger charge is -2.11. The standard InChI is InChI=1S/C17H12BrFN2O2/c18-11-5-6-14(13(19)9-11)20-17(23)10-21-8-7-16(22)12-3-1-2-4-15(12)21/h1-9H,10H2,(H,20,23). The third-order valence-corrected chi connectivity index (χ3v) is 3.90. The molecule has 3 rings (SSSR count). The lowest BCUT2D eigenvalue weighted by Crippen LogP contribution is -2.20. The molecule has 1 amide bonds. The van der Waals surface area contributed by atoms with Gasteiger partial charge in [0.1, 0.15) is 12.4 Å². The summed E-state index contributed by atoms with van der Waals surface area (Å²) >= 11 is 3.16. The Hall–Kier alpha value is -2.47. The van der Waals surface area contributed by atoms with Crippen LogP contribution in [0.2, 0.25) is 0 Å². The predicted octanol–water partition coefficient (Wildman–Crippen LogP) is 3.54. The molecule has 1 N–H and O–H groups in total. The van der Waals surface area contributed by atoms with Gasteiger partial charge < -0.3 is 9.88 Å². The van der Waals surface area contributed by atoms with Crippen molar-refractivity contribution in [3.05, 3.63) is 75.2 Å². The second-order valence-electron chi connectivity index (χ2n) is 5.00. The van der Waals surface area contributed by atoms with Gasteiger partial charge in [-0.15, -0.1) is 0 Å². The minimum atomic E-state index is -0.516. The van der Waals surface area contributed by atoms with Crippen molar-refractivity contribution < 1.29 is 9.18 Å². The van der Waals surface area contributed by atoms with Gasteiger partial charge >= 0.3 is 0 Å². The Bertz CT molecular complexity index is 953. The molecule has 1 aromatic heterocycles. The highest BCUT2D eigenvalue weighted by atomic mass is 79.9. The zero-order valence-electron chi connectivity index (χ0n) is 11.9. The first-order chi connectivity index (χ1) is 11.0. The van der Waals surface area contributed by atoms with Crippen LogP contribution in [0, 0.1) is 5.82 Å². The Labute approximate surface area is 139 Å². The molecule has 6 heteroatoms. The summed E-state index contributed by atoms with van der Waals surface area (Å²) in [5.74, 6) is -0.891. The van der Waals surface area contributed by atoms with E-state index >= 15 is 0 Å². The van der Waals surface area contributed by atoms with Gasteiger partial charge in [0.2, 0.25) is 5.91 Å². The highest BCUT2D eigenvalue weighted by molar-refractivity contribution is 9.10. The largest absolute Gasteiger partial charge is 0.338 e. The quantitative estimate of drug-likeness (QED) is 0.762. The molecule has 0 aliphatic rings. The number of amides is 1. The third kappa shape index (κ3) is 3.32. The first kappa shape index (κ1) is 15.4. The van der Waals surface area contributed by atoms with Crippen molar-refractivity contribution in [3.8, 4) is 0 Å². The molecular formula is C17H12BrFN2O2. The van der Waals surface area contributed by atoms with Crippen LogP contribution in [0.15, 0.2) is 64.0 Å². The van der Waals surface area contributed by atoms with Crippen LogP contribution in [0.4, 0.5) is 10.1 Å². The van der Waals surface area contributed by atoms with Crippen molar-refractivity contribution in [2.45, 2.75) is 6.54 Å². The zero-order valence-corrected chi connectivity index (χ0v) is 13.5. The van der Waals surface area contributed by atoms with Crippen LogP contribution < -0.4 is 10.7 Å². The van der Waals surface area contributed by atoms with Crippen molar-refractivity contribution in [2.75, 3.05) is 5.32 Å². The summed E-state index contributed by atoms with van der Waals surface area (Å²) in [6, 6.07) is 12.9. The van der Waals surface area contributed by atoms with Gasteiger partial charge in [-0.3, -0.25) is 9.59 Å². The number of nitrogens with zero attached hydrogens (tertiary/aromatic N) is 1. The Balaban J connectivity index is 1.86. The van der Waals surface area contributed by atoms with Crippen LogP contribution in [0.1, 0.15) is 0 Å². The summed E-state index contributed by atoms with van der Waals surface area (Å²) in [6.07, 6.45) is 1.56. The van der Waals surface area contributed by atoms with Crippen molar-refractivity contribution in [1.29, 1.82) is 0 Å². The molecule has 0 radical (unpaired) electrons. The molecule has 0 aliphatic heterocycles. The van der Waals surface area contributed by atoms with Crippen molar-refractivity contribution in [1.82, 2.24) is 4.57 Å². The summed E-state index contributed by atoms with van der Waals surface area (Å²) in [4.78, 5) is 24.0. The molecule has 0 fully saturated rings. The highest BCUT2D eigenvalue weighted by Gasteiger charge is 2.09. The second-order valence-corrected chi connectivity index (χ2v) is 5.91. The van der Waals surface area contributed by atoms with Crippen LogP contribution >= 0.6 is 15.9 Å². The smallest absolute Gasteiger partial charge is 0.244 e. The number of pyridine rings is 1. The Morgan fingerprint density at radius 1 is 1.17 bits per heavy atom. The summed E-state index contributed by atoms with van der Waals surface area (Å²) in [6.45, 7) is -0.0176. The molecule has 3 aromatic rings. The van der Waals surface area contributed by atoms with Gasteiger partial charge in [0, 0.05) is 22.1 Å². The van der Waals surface area contributed by atoms with Gasteiger partial charge in [0.25, 0.3) is 0 Å². The summed E-state index contributed by atoms with van der Waals surface area (Å²) in [7, 11) is 0. The number of carbonyl (C=O) groups is 1. The maximum Gasteiger partial charge on any atom is 0.244 e. The fourth-order valence-electron chi connectivity index (χ4n) is 2.33. The van der Waals surface area contributed by atoms with Gasteiger partial charge in [0.05, 0.1) is 11.2 Å². The van der Waals surface area contributed by atoms with Gasteiger partial charge in [0.15, 0.2) is 5.43 Å². The van der Waals surface area contributed by atoms with Crippen LogP contribution in [0.25, 0.3) is 10.9 Å². The van der Waals surface area contributed by atoms with E-state index in [0.29, 0.717) is 15.4 Å². The third-order valence-electron chi connectivity index (χ3n) is 3.40. The van der Waals surface area contributed by atoms with E-state index in [1.54, 1.807) is 41.1 Å². The van der Waals surface area contributed by atoms with Gasteiger partial charge in [-0.05, 0) is 30.3 Å². The van der Waals surface area contributed by atoms with Gasteiger partial charge in [-0.1, -0.05) is 28.1 Å². The Morgan fingerprint density at radius 2 is 1.96 bits per heavy atom. The van der Waals surface area contributed by atoms with Crippen LogP contribution in [-0.4, -0.2) is 10.5 Å². The molecule has 1 heterocycles. The van der Waals surface area contributed by atoms with E-state index in [1.807, 2.05) is 0 Å². The van der Waals surface area contributed by atoms with Crippen LogP contribution in [0.5, 0.6) is 0 Å². The van der Waals surface area contributed by atoms with E-state index in [4.69, 9.17) is 0 Å². The first-order valence-electron chi connectivity index (χ1n) is 6.88. The number of para-hydroxylation sites is 1. The first-order valence-corrected chi connectivity index (χ1v) is 7.67. The minimum Gasteiger partial charge on any atom is -0.338 e. The summed E-state index contributed by atoms with van der Waals surface area (Å²) in [5.41, 5.74) is 0.672. The maximum absolute atomic E-state index is 13.8. The number of aromatic nitrogens is 1. The number of hydrogen-bond acceptors (Lipinski definition) is 2. The molecule has 0 saturated carbocycles. The fraction of sp³-hybridized carbons (Fsp3) is 0.0588. The summed E-state index contributed by atoms with van der Waals surface area (Å²) in [5, 5.41) is 3.07. The number of rotatable bonds is 3. The number of halogens is 2. The molecule has 116 valence electrons. The lowest BCUT2D eigenvalue weighted by molar-refractivity contribution is -0.116. The minimum absolute atomic E-state index is 0.0176. The van der Waals surface area contributed by atoms with Gasteiger partial charge in [-0.2, -0.15) is 0 Å². The number of nitrogens with one attached hydrogen (secondary N) is 1. The molecule has 0 unspecified atom stereocenters. The topological polar surface area (TPSA) is 51.1 Å². The van der Waals surface area contributed by atoms with Crippen molar-refractivity contribution >= 4 is 38.4 Å². The monoisotopic (exact) mass is 374 g/mol. The zero-order chi connectivity index (χ0) is 16.4. The number of fused-ring (bicyclic) bond motifs is 1. The average molecular weight is 375 g/mol. The van der Waals surface area contributed by atoms with Crippen molar-refractivity contribution in [3.63, 3.8) is 0 Å². The van der Waals surface area contributed by atoms with E-state index in [2.05, 4.69) is 21.2 Å². The van der Waals surface area contributed by atoms with E-state index in [1.165, 1.54) is 18.2 Å². The molecule has 0 bridgehead atoms.